The average Bonchev–Trinajstić information content (AvgIpc) is 2.86. The summed E-state index contributed by atoms with van der Waals surface area (Å²) in [6, 6.07) is 15.5. The number of benzene rings is 2. The Hall–Kier alpha value is -3.43. The molecule has 2 aliphatic rings. The molecule has 32 heavy (non-hydrogen) atoms. The third kappa shape index (κ3) is 6.29. The van der Waals surface area contributed by atoms with Crippen molar-refractivity contribution in [3.8, 4) is 0 Å². The van der Waals surface area contributed by atoms with Crippen molar-refractivity contribution in [1.82, 2.24) is 10.9 Å². The summed E-state index contributed by atoms with van der Waals surface area (Å²) in [6.45, 7) is 6.60. The van der Waals surface area contributed by atoms with E-state index in [1.54, 1.807) is 12.4 Å². The van der Waals surface area contributed by atoms with Crippen LogP contribution in [0.15, 0.2) is 58.7 Å². The van der Waals surface area contributed by atoms with Gasteiger partial charge in [-0.1, -0.05) is 24.3 Å². The standard InChI is InChI=1S/C23H28N6O3/c30-23(26-24-17-19-1-5-21(6-2-19)28-9-13-31-14-10-28)27-25-18-20-3-7-22(8-4-20)29-11-15-32-16-12-29/h1-8,17-18H,9-16H2,(H2,26,27,30). The van der Waals surface area contributed by atoms with Crippen LogP contribution in [-0.4, -0.2) is 71.1 Å². The maximum atomic E-state index is 11.9. The van der Waals surface area contributed by atoms with Gasteiger partial charge in [-0.05, 0) is 35.4 Å². The first-order chi connectivity index (χ1) is 15.8. The van der Waals surface area contributed by atoms with Gasteiger partial charge in [0, 0.05) is 37.6 Å². The normalized spacial score (nSPS) is 17.1. The molecule has 168 valence electrons. The largest absolute Gasteiger partial charge is 0.378 e. The molecule has 0 radical (unpaired) electrons. The van der Waals surface area contributed by atoms with Crippen molar-refractivity contribution in [3.63, 3.8) is 0 Å². The van der Waals surface area contributed by atoms with Crippen molar-refractivity contribution < 1.29 is 14.3 Å². The van der Waals surface area contributed by atoms with Gasteiger partial charge in [0.15, 0.2) is 0 Å². The molecule has 2 saturated heterocycles. The van der Waals surface area contributed by atoms with Crippen LogP contribution in [-0.2, 0) is 9.47 Å². The smallest absolute Gasteiger partial charge is 0.355 e. The van der Waals surface area contributed by atoms with Crippen LogP contribution >= 0.6 is 0 Å². The Labute approximate surface area is 187 Å². The molecule has 2 aromatic carbocycles. The Balaban J connectivity index is 1.20. The fraction of sp³-hybridized carbons (Fsp3) is 0.348. The third-order valence-corrected chi connectivity index (χ3v) is 5.30. The second kappa shape index (κ2) is 11.3. The molecule has 0 saturated carbocycles. The highest BCUT2D eigenvalue weighted by atomic mass is 16.5. The number of carbonyl (C=O) groups excluding carboxylic acids is 1. The quantitative estimate of drug-likeness (QED) is 0.534. The highest BCUT2D eigenvalue weighted by molar-refractivity contribution is 5.84. The number of urea groups is 1. The highest BCUT2D eigenvalue weighted by Gasteiger charge is 2.11. The Kier molecular flexibility index (Phi) is 7.67. The fourth-order valence-electron chi connectivity index (χ4n) is 3.54. The Bertz CT molecular complexity index is 842. The molecule has 9 nitrogen and oxygen atoms in total. The summed E-state index contributed by atoms with van der Waals surface area (Å²) in [5.74, 6) is 0. The molecule has 0 unspecified atom stereocenters. The summed E-state index contributed by atoms with van der Waals surface area (Å²) in [6.07, 6.45) is 3.19. The van der Waals surface area contributed by atoms with Crippen LogP contribution in [0.4, 0.5) is 16.2 Å². The lowest BCUT2D eigenvalue weighted by molar-refractivity contribution is 0.122. The van der Waals surface area contributed by atoms with Crippen LogP contribution in [0, 0.1) is 0 Å². The molecule has 2 fully saturated rings. The average molecular weight is 437 g/mol. The Morgan fingerprint density at radius 1 is 0.688 bits per heavy atom. The maximum Gasteiger partial charge on any atom is 0.355 e. The molecule has 9 heteroatoms. The van der Waals surface area contributed by atoms with E-state index < -0.39 is 6.03 Å². The van der Waals surface area contributed by atoms with Gasteiger partial charge in [-0.3, -0.25) is 0 Å². The van der Waals surface area contributed by atoms with Crippen molar-refractivity contribution in [2.75, 3.05) is 62.4 Å². The van der Waals surface area contributed by atoms with Crippen LogP contribution in [0.1, 0.15) is 11.1 Å². The first kappa shape index (κ1) is 21.8. The van der Waals surface area contributed by atoms with E-state index in [-0.39, 0.29) is 0 Å². The van der Waals surface area contributed by atoms with E-state index >= 15 is 0 Å². The number of ether oxygens (including phenoxy) is 2. The predicted octanol–water partition coefficient (Wildman–Crippen LogP) is 2.03. The number of morpholine rings is 2. The molecule has 0 aromatic heterocycles. The van der Waals surface area contributed by atoms with Gasteiger partial charge in [0.1, 0.15) is 0 Å². The molecular weight excluding hydrogens is 408 g/mol. The monoisotopic (exact) mass is 436 g/mol. The van der Waals surface area contributed by atoms with Crippen LogP contribution in [0.2, 0.25) is 0 Å². The minimum atomic E-state index is -0.507. The van der Waals surface area contributed by atoms with E-state index in [4.69, 9.17) is 9.47 Å². The number of anilines is 2. The van der Waals surface area contributed by atoms with Crippen molar-refractivity contribution >= 4 is 29.8 Å². The van der Waals surface area contributed by atoms with E-state index in [9.17, 15) is 4.79 Å². The number of amides is 2. The molecule has 2 heterocycles. The third-order valence-electron chi connectivity index (χ3n) is 5.30. The first-order valence-corrected chi connectivity index (χ1v) is 10.8. The SMILES string of the molecule is O=C(NN=Cc1ccc(N2CCOCC2)cc1)NN=Cc1ccc(N2CCOCC2)cc1. The van der Waals surface area contributed by atoms with Crippen molar-refractivity contribution in [1.29, 1.82) is 0 Å². The van der Waals surface area contributed by atoms with E-state index in [0.717, 1.165) is 75.1 Å². The van der Waals surface area contributed by atoms with Crippen LogP contribution in [0.3, 0.4) is 0 Å². The van der Waals surface area contributed by atoms with Gasteiger partial charge in [-0.25, -0.2) is 15.6 Å². The lowest BCUT2D eigenvalue weighted by Gasteiger charge is -2.28. The van der Waals surface area contributed by atoms with Gasteiger partial charge in [0.25, 0.3) is 0 Å². The fourth-order valence-corrected chi connectivity index (χ4v) is 3.54. The summed E-state index contributed by atoms with van der Waals surface area (Å²) >= 11 is 0. The summed E-state index contributed by atoms with van der Waals surface area (Å²) in [4.78, 5) is 16.4. The van der Waals surface area contributed by atoms with E-state index in [0.29, 0.717) is 0 Å². The number of nitrogens with one attached hydrogen (secondary N) is 2. The molecule has 0 atom stereocenters. The van der Waals surface area contributed by atoms with Gasteiger partial charge >= 0.3 is 6.03 Å². The van der Waals surface area contributed by atoms with Crippen LogP contribution in [0.25, 0.3) is 0 Å². The molecule has 0 bridgehead atoms. The van der Waals surface area contributed by atoms with Crippen molar-refractivity contribution in [2.45, 2.75) is 0 Å². The van der Waals surface area contributed by atoms with Gasteiger partial charge in [0.05, 0.1) is 38.9 Å². The molecular formula is C23H28N6O3. The van der Waals surface area contributed by atoms with Crippen LogP contribution < -0.4 is 20.7 Å². The highest BCUT2D eigenvalue weighted by Crippen LogP contribution is 2.17. The number of rotatable bonds is 6. The minimum Gasteiger partial charge on any atom is -0.378 e. The number of hydrogen-bond acceptors (Lipinski definition) is 7. The molecule has 0 aliphatic carbocycles. The second-order valence-corrected chi connectivity index (χ2v) is 7.45. The summed E-state index contributed by atoms with van der Waals surface area (Å²) in [7, 11) is 0. The lowest BCUT2D eigenvalue weighted by Crippen LogP contribution is -2.36. The van der Waals surface area contributed by atoms with E-state index in [1.165, 1.54) is 0 Å². The Morgan fingerprint density at radius 2 is 1.06 bits per heavy atom. The van der Waals surface area contributed by atoms with Gasteiger partial charge in [0.2, 0.25) is 0 Å². The summed E-state index contributed by atoms with van der Waals surface area (Å²) in [5.41, 5.74) is 8.92. The number of carbonyl (C=O) groups is 1. The Morgan fingerprint density at radius 3 is 1.44 bits per heavy atom. The van der Waals surface area contributed by atoms with E-state index in [2.05, 4.69) is 30.9 Å². The minimum absolute atomic E-state index is 0.507. The molecule has 2 aliphatic heterocycles. The molecule has 2 aromatic rings. The van der Waals surface area contributed by atoms with Gasteiger partial charge in [-0.2, -0.15) is 10.2 Å². The topological polar surface area (TPSA) is 90.8 Å². The molecule has 4 rings (SSSR count). The number of hydrazone groups is 2. The maximum absolute atomic E-state index is 11.9. The second-order valence-electron chi connectivity index (χ2n) is 7.45. The summed E-state index contributed by atoms with van der Waals surface area (Å²) < 4.78 is 10.8. The zero-order chi connectivity index (χ0) is 22.0. The van der Waals surface area contributed by atoms with Crippen LogP contribution in [0.5, 0.6) is 0 Å². The van der Waals surface area contributed by atoms with Gasteiger partial charge < -0.3 is 19.3 Å². The first-order valence-electron chi connectivity index (χ1n) is 10.8. The van der Waals surface area contributed by atoms with Crippen molar-refractivity contribution in [3.05, 3.63) is 59.7 Å². The lowest BCUT2D eigenvalue weighted by atomic mass is 10.2. The van der Waals surface area contributed by atoms with Gasteiger partial charge in [-0.15, -0.1) is 0 Å². The van der Waals surface area contributed by atoms with E-state index in [1.807, 2.05) is 48.5 Å². The molecule has 0 spiro atoms. The number of nitrogens with zero attached hydrogens (tertiary/aromatic N) is 4. The predicted molar refractivity (Wildman–Crippen MR) is 126 cm³/mol. The zero-order valence-corrected chi connectivity index (χ0v) is 17.9. The molecule has 2 amide bonds. The summed E-state index contributed by atoms with van der Waals surface area (Å²) in [5, 5.41) is 7.92. The molecule has 2 N–H and O–H groups in total. The number of hydrogen-bond donors (Lipinski definition) is 2. The zero-order valence-electron chi connectivity index (χ0n) is 17.9. The van der Waals surface area contributed by atoms with Crippen molar-refractivity contribution in [2.24, 2.45) is 10.2 Å².